The molecule has 0 heterocycles. The molecule has 0 aliphatic rings. The van der Waals surface area contributed by atoms with Gasteiger partial charge in [-0.2, -0.15) is 33.7 Å². The first-order chi connectivity index (χ1) is 17.1. The Morgan fingerprint density at radius 1 is 0.526 bits per heavy atom. The summed E-state index contributed by atoms with van der Waals surface area (Å²) < 4.78 is 136. The van der Waals surface area contributed by atoms with E-state index in [-0.39, 0.29) is 21.5 Å². The zero-order valence-corrected chi connectivity index (χ0v) is 23.9. The van der Waals surface area contributed by atoms with Crippen molar-refractivity contribution in [2.45, 2.75) is 40.4 Å². The molecule has 4 N–H and O–H groups in total. The summed E-state index contributed by atoms with van der Waals surface area (Å²) >= 11 is 0. The lowest BCUT2D eigenvalue weighted by molar-refractivity contribution is 0.477. The Labute approximate surface area is 221 Å². The van der Waals surface area contributed by atoms with Gasteiger partial charge in [0.2, 0.25) is 0 Å². The fraction of sp³-hybridized carbons (Fsp3) is 0.143. The Kier molecular flexibility index (Phi) is 8.00. The van der Waals surface area contributed by atoms with Crippen LogP contribution in [-0.2, 0) is 40.5 Å². The van der Waals surface area contributed by atoms with Crippen LogP contribution in [0.4, 0.5) is 0 Å². The van der Waals surface area contributed by atoms with Crippen LogP contribution >= 0.6 is 7.92 Å². The van der Waals surface area contributed by atoms with Crippen molar-refractivity contribution < 1.29 is 51.9 Å². The van der Waals surface area contributed by atoms with E-state index in [0.717, 1.165) is 31.2 Å². The average molecular weight is 625 g/mol. The van der Waals surface area contributed by atoms with Crippen molar-refractivity contribution in [2.24, 2.45) is 0 Å². The minimum atomic E-state index is -5.09. The molecule has 0 spiro atoms. The molecule has 0 amide bonds. The second-order valence-electron chi connectivity index (χ2n) is 8.22. The van der Waals surface area contributed by atoms with Gasteiger partial charge in [0.05, 0.1) is 14.7 Å². The third kappa shape index (κ3) is 6.30. The topological polar surface area (TPSA) is 217 Å². The monoisotopic (exact) mass is 624 g/mol. The molecule has 38 heavy (non-hydrogen) atoms. The number of rotatable bonds is 7. The van der Waals surface area contributed by atoms with Crippen LogP contribution in [0.2, 0.25) is 0 Å². The van der Waals surface area contributed by atoms with Crippen LogP contribution in [0.1, 0.15) is 16.7 Å². The first-order valence-corrected chi connectivity index (χ1v) is 17.3. The summed E-state index contributed by atoms with van der Waals surface area (Å²) in [7, 11) is -22.3. The molecule has 1 unspecified atom stereocenters. The highest BCUT2D eigenvalue weighted by atomic mass is 32.2. The number of hydrogen-bond acceptors (Lipinski definition) is 8. The Hall–Kier alpha value is -2.27. The van der Waals surface area contributed by atoms with E-state index in [2.05, 4.69) is 0 Å². The van der Waals surface area contributed by atoms with E-state index in [0.29, 0.717) is 5.56 Å². The van der Waals surface area contributed by atoms with Crippen molar-refractivity contribution in [3.8, 4) is 0 Å². The maximum absolute atomic E-state index is 12.3. The molecule has 12 nitrogen and oxygen atoms in total. The largest absolute Gasteiger partial charge is 0.295 e. The Morgan fingerprint density at radius 2 is 0.974 bits per heavy atom. The quantitative estimate of drug-likeness (QED) is 0.216. The number of aryl methyl sites for hydroxylation is 2. The molecular formula is C21H21O12PS4. The second-order valence-corrected chi connectivity index (χ2v) is 16.0. The summed E-state index contributed by atoms with van der Waals surface area (Å²) in [6, 6.07) is 9.11. The van der Waals surface area contributed by atoms with Gasteiger partial charge >= 0.3 is 0 Å². The van der Waals surface area contributed by atoms with Crippen molar-refractivity contribution in [3.63, 3.8) is 0 Å². The molecule has 0 radical (unpaired) electrons. The van der Waals surface area contributed by atoms with Crippen LogP contribution in [0.25, 0.3) is 0 Å². The highest BCUT2D eigenvalue weighted by molar-refractivity contribution is 7.88. The van der Waals surface area contributed by atoms with Gasteiger partial charge in [-0.05, 0) is 80.3 Å². The molecule has 3 rings (SSSR count). The molecule has 206 valence electrons. The molecule has 0 saturated carbocycles. The van der Waals surface area contributed by atoms with Gasteiger partial charge in [0.15, 0.2) is 0 Å². The van der Waals surface area contributed by atoms with Crippen LogP contribution < -0.4 is 15.9 Å². The minimum absolute atomic E-state index is 0.0154. The molecule has 0 fully saturated rings. The molecule has 0 bridgehead atoms. The first kappa shape index (κ1) is 30.3. The lowest BCUT2D eigenvalue weighted by Gasteiger charge is -2.24. The molecule has 3 aromatic carbocycles. The lowest BCUT2D eigenvalue weighted by atomic mass is 10.2. The third-order valence-corrected chi connectivity index (χ3v) is 11.9. The van der Waals surface area contributed by atoms with Crippen molar-refractivity contribution in [1.29, 1.82) is 0 Å². The van der Waals surface area contributed by atoms with Gasteiger partial charge in [0, 0.05) is 5.30 Å². The van der Waals surface area contributed by atoms with Gasteiger partial charge < -0.3 is 0 Å². The van der Waals surface area contributed by atoms with E-state index in [9.17, 15) is 51.9 Å². The maximum Gasteiger partial charge on any atom is 0.295 e. The normalized spacial score (nSPS) is 13.9. The first-order valence-electron chi connectivity index (χ1n) is 10.2. The smallest absolute Gasteiger partial charge is 0.282 e. The van der Waals surface area contributed by atoms with E-state index in [1.807, 2.05) is 0 Å². The lowest BCUT2D eigenvalue weighted by Crippen LogP contribution is -2.27. The maximum atomic E-state index is 12.3. The average Bonchev–Trinajstić information content (AvgIpc) is 2.73. The highest BCUT2D eigenvalue weighted by Gasteiger charge is 2.31. The van der Waals surface area contributed by atoms with E-state index >= 15 is 0 Å². The summed E-state index contributed by atoms with van der Waals surface area (Å²) in [6.07, 6.45) is 0. The second kappa shape index (κ2) is 10.0. The van der Waals surface area contributed by atoms with Gasteiger partial charge in [-0.15, -0.1) is 0 Å². The van der Waals surface area contributed by atoms with Crippen LogP contribution in [0, 0.1) is 20.8 Å². The van der Waals surface area contributed by atoms with Crippen molar-refractivity contribution >= 4 is 64.3 Å². The zero-order chi connectivity index (χ0) is 29.0. The summed E-state index contributed by atoms with van der Waals surface area (Å²) in [5.74, 6) is 0. The van der Waals surface area contributed by atoms with Gasteiger partial charge in [-0.1, -0.05) is 24.3 Å². The van der Waals surface area contributed by atoms with Gasteiger partial charge in [-0.3, -0.25) is 18.2 Å². The SMILES string of the molecule is Cc1ccc(P(c2ccc(C)c(S(=O)(=O)O)c2)c2cc(S(=O)(=O)O)c(C)c(S(=O)(=O)O)c2)c(S(=O)(=O)O)c1. The zero-order valence-electron chi connectivity index (χ0n) is 19.8. The Morgan fingerprint density at radius 3 is 1.42 bits per heavy atom. The van der Waals surface area contributed by atoms with Crippen molar-refractivity contribution in [2.75, 3.05) is 0 Å². The predicted molar refractivity (Wildman–Crippen MR) is 139 cm³/mol. The summed E-state index contributed by atoms with van der Waals surface area (Å²) in [4.78, 5) is -3.05. The molecular weight excluding hydrogens is 603 g/mol. The van der Waals surface area contributed by atoms with E-state index < -0.39 is 73.5 Å². The molecule has 17 heteroatoms. The summed E-state index contributed by atoms with van der Waals surface area (Å²) in [5.41, 5.74) is -0.0404. The molecule has 0 aliphatic carbocycles. The van der Waals surface area contributed by atoms with Crippen LogP contribution in [0.3, 0.4) is 0 Å². The fourth-order valence-electron chi connectivity index (χ4n) is 3.76. The van der Waals surface area contributed by atoms with Gasteiger partial charge in [0.25, 0.3) is 40.5 Å². The molecule has 1 atom stereocenters. The summed E-state index contributed by atoms with van der Waals surface area (Å²) in [6.45, 7) is 3.89. The van der Waals surface area contributed by atoms with E-state index in [1.54, 1.807) is 0 Å². The van der Waals surface area contributed by atoms with Crippen LogP contribution in [0.5, 0.6) is 0 Å². The molecule has 3 aromatic rings. The van der Waals surface area contributed by atoms with Gasteiger partial charge in [0.1, 0.15) is 4.90 Å². The van der Waals surface area contributed by atoms with Crippen LogP contribution in [-0.4, -0.2) is 51.9 Å². The summed E-state index contributed by atoms with van der Waals surface area (Å²) in [5, 5.41) is -0.451. The fourth-order valence-corrected chi connectivity index (χ4v) is 10.0. The molecule has 0 aromatic heterocycles. The highest BCUT2D eigenvalue weighted by Crippen LogP contribution is 2.39. The number of benzene rings is 3. The molecule has 0 aliphatic heterocycles. The van der Waals surface area contributed by atoms with Crippen molar-refractivity contribution in [1.82, 2.24) is 0 Å². The third-order valence-electron chi connectivity index (χ3n) is 5.45. The minimum Gasteiger partial charge on any atom is -0.282 e. The van der Waals surface area contributed by atoms with Gasteiger partial charge in [-0.25, -0.2) is 0 Å². The number of hydrogen-bond donors (Lipinski definition) is 4. The van der Waals surface area contributed by atoms with Crippen LogP contribution in [0.15, 0.2) is 68.1 Å². The Balaban J connectivity index is 2.61. The predicted octanol–water partition coefficient (Wildman–Crippen LogP) is 1.36. The van der Waals surface area contributed by atoms with E-state index in [1.165, 1.54) is 38.1 Å². The van der Waals surface area contributed by atoms with E-state index in [4.69, 9.17) is 0 Å². The van der Waals surface area contributed by atoms with Crippen molar-refractivity contribution in [3.05, 3.63) is 65.2 Å². The standard InChI is InChI=1S/C21H21O12PS4/c1-12-4-7-17(21(8-12)38(31,32)33)34(15-6-5-13(2)18(9-15)35(22,23)24)16-10-19(36(25,26)27)14(3)20(11-16)37(28,29)30/h4-11H,1-3H3,(H,22,23,24)(H,25,26,27)(H,28,29,30)(H,31,32,33). The Bertz CT molecular complexity index is 1840. The molecule has 0 saturated heterocycles.